The van der Waals surface area contributed by atoms with Crippen LogP contribution in [0.1, 0.15) is 378 Å². The van der Waals surface area contributed by atoms with Crippen LogP contribution in [0.15, 0.2) is 12.1 Å². The van der Waals surface area contributed by atoms with Gasteiger partial charge in [0.05, 0.1) is 25.4 Å². The summed E-state index contributed by atoms with van der Waals surface area (Å²) in [5.41, 5.74) is 0.205. The van der Waals surface area contributed by atoms with E-state index in [1.165, 1.54) is 308 Å². The van der Waals surface area contributed by atoms with Gasteiger partial charge in [-0.2, -0.15) is 0 Å². The van der Waals surface area contributed by atoms with Crippen molar-refractivity contribution in [2.24, 2.45) is 0 Å². The Bertz CT molecular complexity index is 1170. The zero-order valence-corrected chi connectivity index (χ0v) is 49.0. The van der Waals surface area contributed by atoms with Gasteiger partial charge in [0.2, 0.25) is 5.75 Å². The standard InChI is InChI=1S/C67H126O5/c1-4-7-10-13-16-19-22-25-28-31-34-37-40-43-46-49-52-55-58-70-64-61-63(67(68)69)62-65(71-59-56-53-50-47-44-41-38-35-32-29-26-23-20-17-14-11-8-5-2)66(64)72-60-57-54-51-48-45-42-39-36-33-30-27-24-21-18-15-12-9-6-3/h61-62H,4-60H2,1-3H3,(H,68,69). The van der Waals surface area contributed by atoms with Gasteiger partial charge >= 0.3 is 5.97 Å². The molecule has 424 valence electrons. The maximum Gasteiger partial charge on any atom is 0.335 e. The van der Waals surface area contributed by atoms with E-state index < -0.39 is 5.97 Å². The lowest BCUT2D eigenvalue weighted by atomic mass is 10.0. The fraction of sp³-hybridized carbons (Fsp3) is 0.896. The predicted molar refractivity (Wildman–Crippen MR) is 316 cm³/mol. The number of unbranched alkanes of at least 4 members (excludes halogenated alkanes) is 51. The molecule has 5 heteroatoms. The van der Waals surface area contributed by atoms with Gasteiger partial charge in [-0.15, -0.1) is 0 Å². The lowest BCUT2D eigenvalue weighted by Gasteiger charge is -2.18. The molecule has 0 aliphatic rings. The van der Waals surface area contributed by atoms with Crippen molar-refractivity contribution in [3.05, 3.63) is 17.7 Å². The Morgan fingerprint density at radius 2 is 0.444 bits per heavy atom. The van der Waals surface area contributed by atoms with Crippen LogP contribution in [-0.4, -0.2) is 30.9 Å². The van der Waals surface area contributed by atoms with Crippen LogP contribution in [0, 0.1) is 0 Å². The minimum atomic E-state index is -0.957. The summed E-state index contributed by atoms with van der Waals surface area (Å²) in [5.74, 6) is 0.687. The minimum absolute atomic E-state index is 0.205. The van der Waals surface area contributed by atoms with E-state index in [1.54, 1.807) is 12.1 Å². The van der Waals surface area contributed by atoms with E-state index in [1.807, 2.05) is 0 Å². The van der Waals surface area contributed by atoms with E-state index >= 15 is 0 Å². The van der Waals surface area contributed by atoms with Crippen molar-refractivity contribution in [2.45, 2.75) is 367 Å². The molecule has 0 atom stereocenters. The highest BCUT2D eigenvalue weighted by Gasteiger charge is 2.19. The summed E-state index contributed by atoms with van der Waals surface area (Å²) in [5, 5.41) is 10.1. The molecule has 0 unspecified atom stereocenters. The Labute approximate surface area is 450 Å². The summed E-state index contributed by atoms with van der Waals surface area (Å²) in [6.07, 6.45) is 72.9. The molecule has 0 aliphatic heterocycles. The summed E-state index contributed by atoms with van der Waals surface area (Å²) >= 11 is 0. The molecule has 0 radical (unpaired) electrons. The van der Waals surface area contributed by atoms with Crippen LogP contribution >= 0.6 is 0 Å². The first kappa shape index (κ1) is 68.1. The van der Waals surface area contributed by atoms with E-state index in [2.05, 4.69) is 20.8 Å². The molecular formula is C67H126O5. The van der Waals surface area contributed by atoms with Gasteiger partial charge < -0.3 is 19.3 Å². The molecule has 1 aromatic rings. The Morgan fingerprint density at radius 1 is 0.278 bits per heavy atom. The Morgan fingerprint density at radius 3 is 0.625 bits per heavy atom. The fourth-order valence-corrected chi connectivity index (χ4v) is 10.6. The van der Waals surface area contributed by atoms with E-state index in [0.29, 0.717) is 37.1 Å². The number of ether oxygens (including phenoxy) is 3. The maximum absolute atomic E-state index is 12.3. The molecule has 0 aromatic heterocycles. The number of rotatable bonds is 61. The van der Waals surface area contributed by atoms with Crippen LogP contribution in [0.5, 0.6) is 17.2 Å². The van der Waals surface area contributed by atoms with Gasteiger partial charge in [0.25, 0.3) is 0 Å². The second kappa shape index (κ2) is 56.8. The van der Waals surface area contributed by atoms with E-state index in [0.717, 1.165) is 38.5 Å². The van der Waals surface area contributed by atoms with E-state index in [9.17, 15) is 9.90 Å². The van der Waals surface area contributed by atoms with Crippen LogP contribution < -0.4 is 14.2 Å². The quantitative estimate of drug-likeness (QED) is 0.0659. The number of carboxylic acid groups (broad SMARTS) is 1. The molecule has 0 fully saturated rings. The van der Waals surface area contributed by atoms with Crippen LogP contribution in [0.2, 0.25) is 0 Å². The largest absolute Gasteiger partial charge is 0.490 e. The van der Waals surface area contributed by atoms with E-state index in [-0.39, 0.29) is 5.56 Å². The van der Waals surface area contributed by atoms with Crippen molar-refractivity contribution >= 4 is 5.97 Å². The average Bonchev–Trinajstić information content (AvgIpc) is 3.38. The Hall–Kier alpha value is -1.91. The molecule has 1 N–H and O–H groups in total. The van der Waals surface area contributed by atoms with Gasteiger partial charge in [-0.1, -0.05) is 348 Å². The van der Waals surface area contributed by atoms with E-state index in [4.69, 9.17) is 14.2 Å². The monoisotopic (exact) mass is 1010 g/mol. The highest BCUT2D eigenvalue weighted by Crippen LogP contribution is 2.40. The summed E-state index contributed by atoms with van der Waals surface area (Å²) in [6, 6.07) is 3.32. The first-order valence-corrected chi connectivity index (χ1v) is 32.9. The molecule has 0 saturated carbocycles. The third kappa shape index (κ3) is 46.6. The van der Waals surface area contributed by atoms with Crippen LogP contribution in [-0.2, 0) is 0 Å². The number of hydrogen-bond acceptors (Lipinski definition) is 4. The normalized spacial score (nSPS) is 11.5. The van der Waals surface area contributed by atoms with Crippen LogP contribution in [0.25, 0.3) is 0 Å². The molecule has 0 aliphatic carbocycles. The Balaban J connectivity index is 2.43. The molecule has 5 nitrogen and oxygen atoms in total. The zero-order valence-electron chi connectivity index (χ0n) is 49.0. The first-order valence-electron chi connectivity index (χ1n) is 32.9. The number of aromatic carboxylic acids is 1. The van der Waals surface area contributed by atoms with Gasteiger partial charge in [-0.05, 0) is 31.4 Å². The van der Waals surface area contributed by atoms with Gasteiger partial charge in [-0.3, -0.25) is 0 Å². The van der Waals surface area contributed by atoms with Gasteiger partial charge in [-0.25, -0.2) is 4.79 Å². The Kier molecular flexibility index (Phi) is 53.7. The van der Waals surface area contributed by atoms with Crippen molar-refractivity contribution in [1.82, 2.24) is 0 Å². The number of benzene rings is 1. The average molecular weight is 1010 g/mol. The lowest BCUT2D eigenvalue weighted by Crippen LogP contribution is -2.08. The van der Waals surface area contributed by atoms with Crippen molar-refractivity contribution in [3.63, 3.8) is 0 Å². The molecule has 0 bridgehead atoms. The smallest absolute Gasteiger partial charge is 0.335 e. The molecule has 0 heterocycles. The first-order chi connectivity index (χ1) is 35.6. The predicted octanol–water partition coefficient (Wildman–Crippen LogP) is 23.6. The highest BCUT2D eigenvalue weighted by atomic mass is 16.5. The topological polar surface area (TPSA) is 65.0 Å². The zero-order chi connectivity index (χ0) is 51.7. The minimum Gasteiger partial charge on any atom is -0.490 e. The van der Waals surface area contributed by atoms with Crippen LogP contribution in [0.3, 0.4) is 0 Å². The fourth-order valence-electron chi connectivity index (χ4n) is 10.6. The molecular weight excluding hydrogens is 885 g/mol. The van der Waals surface area contributed by atoms with Crippen molar-refractivity contribution in [1.29, 1.82) is 0 Å². The second-order valence-electron chi connectivity index (χ2n) is 22.7. The summed E-state index contributed by atoms with van der Waals surface area (Å²) < 4.78 is 19.2. The molecule has 1 aromatic carbocycles. The SMILES string of the molecule is CCCCCCCCCCCCCCCCCCCCOc1cc(C(=O)O)cc(OCCCCCCCCCCCCCCCCCCCC)c1OCCCCCCCCCCCCCCCCCCCC. The van der Waals surface area contributed by atoms with Crippen molar-refractivity contribution in [3.8, 4) is 17.2 Å². The van der Waals surface area contributed by atoms with Gasteiger partial charge in [0.1, 0.15) is 0 Å². The number of hydrogen-bond donors (Lipinski definition) is 1. The molecule has 1 rings (SSSR count). The highest BCUT2D eigenvalue weighted by molar-refractivity contribution is 5.89. The van der Waals surface area contributed by atoms with Crippen LogP contribution in [0.4, 0.5) is 0 Å². The second-order valence-corrected chi connectivity index (χ2v) is 22.7. The molecule has 72 heavy (non-hydrogen) atoms. The molecule has 0 spiro atoms. The number of carboxylic acids is 1. The number of carbonyl (C=O) groups is 1. The van der Waals surface area contributed by atoms with Gasteiger partial charge in [0, 0.05) is 0 Å². The molecule has 0 saturated heterocycles. The van der Waals surface area contributed by atoms with Crippen molar-refractivity contribution in [2.75, 3.05) is 19.8 Å². The van der Waals surface area contributed by atoms with Crippen molar-refractivity contribution < 1.29 is 24.1 Å². The third-order valence-corrected chi connectivity index (χ3v) is 15.5. The lowest BCUT2D eigenvalue weighted by molar-refractivity contribution is 0.0695. The summed E-state index contributed by atoms with van der Waals surface area (Å²) in [7, 11) is 0. The molecule has 0 amide bonds. The maximum atomic E-state index is 12.3. The van der Waals surface area contributed by atoms with Gasteiger partial charge in [0.15, 0.2) is 11.5 Å². The summed E-state index contributed by atoms with van der Waals surface area (Å²) in [4.78, 5) is 12.3. The third-order valence-electron chi connectivity index (χ3n) is 15.5. The summed E-state index contributed by atoms with van der Waals surface area (Å²) in [6.45, 7) is 8.62.